The minimum absolute atomic E-state index is 0.409. The van der Waals surface area contributed by atoms with E-state index in [-0.39, 0.29) is 0 Å². The van der Waals surface area contributed by atoms with E-state index in [1.165, 1.54) is 37.7 Å². The van der Waals surface area contributed by atoms with Crippen molar-refractivity contribution < 1.29 is 24.0 Å². The third-order valence-corrected chi connectivity index (χ3v) is 9.72. The van der Waals surface area contributed by atoms with Crippen molar-refractivity contribution in [3.63, 3.8) is 0 Å². The molecular weight excluding hydrogens is 430 g/mol. The molecule has 6 nitrogen and oxygen atoms in total. The molecule has 6 heteroatoms. The van der Waals surface area contributed by atoms with Crippen LogP contribution >= 0.6 is 0 Å². The van der Waals surface area contributed by atoms with Crippen molar-refractivity contribution in [2.75, 3.05) is 39.5 Å². The van der Waals surface area contributed by atoms with Crippen LogP contribution in [0.3, 0.4) is 0 Å². The molecule has 5 saturated carbocycles. The fourth-order valence-corrected chi connectivity index (χ4v) is 8.24. The van der Waals surface area contributed by atoms with Gasteiger partial charge in [0.15, 0.2) is 0 Å². The summed E-state index contributed by atoms with van der Waals surface area (Å²) in [6.07, 6.45) is 10.6. The lowest BCUT2D eigenvalue weighted by Gasteiger charge is -2.57. The monoisotopic (exact) mass is 469 g/mol. The predicted molar refractivity (Wildman–Crippen MR) is 126 cm³/mol. The maximum atomic E-state index is 6.98. The summed E-state index contributed by atoms with van der Waals surface area (Å²) in [4.78, 5) is 14.9. The number of morpholine rings is 1. The quantitative estimate of drug-likeness (QED) is 0.573. The van der Waals surface area contributed by atoms with Crippen molar-refractivity contribution in [3.8, 4) is 5.75 Å². The van der Waals surface area contributed by atoms with Crippen LogP contribution in [0.25, 0.3) is 0 Å². The standard InChI is InChI=1S/C28H39NO5/c1-3-22(18-26(5-1)31-12-9-29-7-10-30-11-8-29)23-4-2-6-27(19-23)32-28(34-33-27)24-14-20-13-21(16-24)17-25(28)15-20/h1,3,5,18,20-21,23-25H,2,4,6-17,19H2/t20?,21?,23?,24?,25?,27-,28?/m1/s1. The number of hydrogen-bond acceptors (Lipinski definition) is 6. The van der Waals surface area contributed by atoms with Gasteiger partial charge in [-0.25, -0.2) is 0 Å². The second-order valence-corrected chi connectivity index (χ2v) is 11.9. The normalized spacial score (nSPS) is 43.7. The van der Waals surface area contributed by atoms with Gasteiger partial charge in [0.2, 0.25) is 11.6 Å². The molecule has 2 atom stereocenters. The van der Waals surface area contributed by atoms with Gasteiger partial charge >= 0.3 is 0 Å². The zero-order chi connectivity index (χ0) is 22.6. The van der Waals surface area contributed by atoms with Crippen LogP contribution in [0.4, 0.5) is 0 Å². The molecule has 2 spiro atoms. The highest BCUT2D eigenvalue weighted by Crippen LogP contribution is 2.64. The zero-order valence-electron chi connectivity index (χ0n) is 20.3. The highest BCUT2D eigenvalue weighted by molar-refractivity contribution is 5.31. The van der Waals surface area contributed by atoms with Crippen LogP contribution in [0.5, 0.6) is 5.75 Å². The summed E-state index contributed by atoms with van der Waals surface area (Å²) in [6.45, 7) is 5.32. The van der Waals surface area contributed by atoms with Crippen LogP contribution in [0.2, 0.25) is 0 Å². The molecule has 1 unspecified atom stereocenters. The predicted octanol–water partition coefficient (Wildman–Crippen LogP) is 4.88. The van der Waals surface area contributed by atoms with E-state index in [0.29, 0.717) is 24.4 Å². The number of nitrogens with zero attached hydrogens (tertiary/aromatic N) is 1. The molecular formula is C28H39NO5. The highest BCUT2D eigenvalue weighted by Gasteiger charge is 2.67. The second-order valence-electron chi connectivity index (χ2n) is 11.9. The molecule has 34 heavy (non-hydrogen) atoms. The Balaban J connectivity index is 1.01. The van der Waals surface area contributed by atoms with Crippen molar-refractivity contribution in [2.45, 2.75) is 75.3 Å². The summed E-state index contributed by atoms with van der Waals surface area (Å²) < 4.78 is 18.6. The number of rotatable bonds is 5. The van der Waals surface area contributed by atoms with Gasteiger partial charge in [-0.15, -0.1) is 0 Å². The first-order valence-corrected chi connectivity index (χ1v) is 13.8. The molecule has 2 heterocycles. The summed E-state index contributed by atoms with van der Waals surface area (Å²) in [5.41, 5.74) is 1.33. The Bertz CT molecular complexity index is 857. The van der Waals surface area contributed by atoms with E-state index in [2.05, 4.69) is 29.2 Å². The fourth-order valence-electron chi connectivity index (χ4n) is 8.24. The summed E-state index contributed by atoms with van der Waals surface area (Å²) in [5.74, 6) is 3.15. The lowest BCUT2D eigenvalue weighted by atomic mass is 9.53. The van der Waals surface area contributed by atoms with Gasteiger partial charge in [-0.1, -0.05) is 12.1 Å². The average Bonchev–Trinajstić information content (AvgIpc) is 3.22. The van der Waals surface area contributed by atoms with Gasteiger partial charge in [0, 0.05) is 44.3 Å². The number of ether oxygens (including phenoxy) is 3. The highest BCUT2D eigenvalue weighted by atomic mass is 17.3. The van der Waals surface area contributed by atoms with Crippen molar-refractivity contribution in [1.82, 2.24) is 4.90 Å². The van der Waals surface area contributed by atoms with E-state index in [1.54, 1.807) is 0 Å². The summed E-state index contributed by atoms with van der Waals surface area (Å²) in [6, 6.07) is 8.69. The van der Waals surface area contributed by atoms with Gasteiger partial charge in [0.25, 0.3) is 0 Å². The summed E-state index contributed by atoms with van der Waals surface area (Å²) in [7, 11) is 0. The Kier molecular flexibility index (Phi) is 5.67. The molecule has 1 aromatic carbocycles. The van der Waals surface area contributed by atoms with E-state index in [9.17, 15) is 0 Å². The van der Waals surface area contributed by atoms with E-state index in [0.717, 1.165) is 76.1 Å². The number of benzene rings is 1. The Hall–Kier alpha value is -1.18. The number of hydrogen-bond donors (Lipinski definition) is 0. The Morgan fingerprint density at radius 3 is 2.56 bits per heavy atom. The third-order valence-electron chi connectivity index (χ3n) is 9.72. The molecule has 0 amide bonds. The molecule has 186 valence electrons. The van der Waals surface area contributed by atoms with E-state index in [1.807, 2.05) is 0 Å². The van der Waals surface area contributed by atoms with Crippen LogP contribution in [0.15, 0.2) is 24.3 Å². The zero-order valence-corrected chi connectivity index (χ0v) is 20.3. The summed E-state index contributed by atoms with van der Waals surface area (Å²) in [5, 5.41) is 0. The van der Waals surface area contributed by atoms with Gasteiger partial charge in [-0.05, 0) is 80.4 Å². The van der Waals surface area contributed by atoms with Crippen molar-refractivity contribution in [2.24, 2.45) is 23.7 Å². The topological polar surface area (TPSA) is 49.4 Å². The average molecular weight is 470 g/mol. The molecule has 8 rings (SSSR count). The molecule has 2 aliphatic heterocycles. The molecule has 1 aromatic rings. The third kappa shape index (κ3) is 3.90. The maximum absolute atomic E-state index is 6.98. The molecule has 5 aliphatic carbocycles. The smallest absolute Gasteiger partial charge is 0.210 e. The molecule has 4 bridgehead atoms. The van der Waals surface area contributed by atoms with Crippen molar-refractivity contribution >= 4 is 0 Å². The minimum atomic E-state index is -0.578. The molecule has 0 aromatic heterocycles. The van der Waals surface area contributed by atoms with Crippen LogP contribution in [-0.2, 0) is 19.2 Å². The lowest BCUT2D eigenvalue weighted by molar-refractivity contribution is -0.390. The Labute approximate surface area is 203 Å². The molecule has 7 aliphatic rings. The first-order valence-electron chi connectivity index (χ1n) is 13.8. The van der Waals surface area contributed by atoms with Crippen LogP contribution in [-0.4, -0.2) is 55.9 Å². The van der Waals surface area contributed by atoms with Crippen LogP contribution < -0.4 is 4.74 Å². The van der Waals surface area contributed by atoms with Gasteiger partial charge in [-0.2, -0.15) is 9.78 Å². The minimum Gasteiger partial charge on any atom is -0.492 e. The molecule has 7 fully saturated rings. The van der Waals surface area contributed by atoms with Gasteiger partial charge in [0.1, 0.15) is 12.4 Å². The molecule has 0 N–H and O–H groups in total. The second kappa shape index (κ2) is 8.74. The van der Waals surface area contributed by atoms with Gasteiger partial charge < -0.3 is 14.2 Å². The van der Waals surface area contributed by atoms with Crippen molar-refractivity contribution in [3.05, 3.63) is 29.8 Å². The molecule has 2 saturated heterocycles. The van der Waals surface area contributed by atoms with E-state index in [4.69, 9.17) is 24.0 Å². The van der Waals surface area contributed by atoms with E-state index < -0.39 is 11.6 Å². The first-order chi connectivity index (χ1) is 16.7. The largest absolute Gasteiger partial charge is 0.492 e. The first kappa shape index (κ1) is 22.1. The Morgan fingerprint density at radius 2 is 1.76 bits per heavy atom. The maximum Gasteiger partial charge on any atom is 0.210 e. The fraction of sp³-hybridized carbons (Fsp3) is 0.786. The molecule has 0 radical (unpaired) electrons. The SMILES string of the molecule is c1cc(OCCN2CCOCC2)cc(C2CCC[C@]3(C2)OOC2(O3)C3CC4CC(C3)CC2C4)c1. The Morgan fingerprint density at radius 1 is 0.971 bits per heavy atom. The van der Waals surface area contributed by atoms with Crippen LogP contribution in [0, 0.1) is 23.7 Å². The van der Waals surface area contributed by atoms with Crippen LogP contribution in [0.1, 0.15) is 69.3 Å². The lowest BCUT2D eigenvalue weighted by Crippen LogP contribution is -2.59. The van der Waals surface area contributed by atoms with Crippen molar-refractivity contribution in [1.29, 1.82) is 0 Å². The van der Waals surface area contributed by atoms with Gasteiger partial charge in [0.05, 0.1) is 13.2 Å². The van der Waals surface area contributed by atoms with Gasteiger partial charge in [-0.3, -0.25) is 4.90 Å². The summed E-state index contributed by atoms with van der Waals surface area (Å²) >= 11 is 0. The van der Waals surface area contributed by atoms with E-state index >= 15 is 0 Å².